The average Bonchev–Trinajstić information content (AvgIpc) is 2.84. The van der Waals surface area contributed by atoms with E-state index in [1.54, 1.807) is 0 Å². The number of rotatable bonds is 9. The largest absolute Gasteiger partial charge is 0.424 e. The van der Waals surface area contributed by atoms with Crippen LogP contribution in [-0.4, -0.2) is 29.7 Å². The van der Waals surface area contributed by atoms with Gasteiger partial charge in [-0.2, -0.15) is 0 Å². The summed E-state index contributed by atoms with van der Waals surface area (Å²) < 4.78 is 16.5. The number of nitro benzene ring substituents is 3. The first kappa shape index (κ1) is 23.4. The SMILES string of the molecule is O=[N+]([O-])c1cccc(Oc2nc(Oc3cccc([N+](=O)[O-])c3)nc(Oc3cccc([N+](=O)[O-])c3)n2)c1. The zero-order valence-electron chi connectivity index (χ0n) is 17.8. The second-order valence-corrected chi connectivity index (χ2v) is 6.75. The predicted octanol–water partition coefficient (Wildman–Crippen LogP) is 4.97. The summed E-state index contributed by atoms with van der Waals surface area (Å²) in [7, 11) is 0. The molecule has 1 aromatic heterocycles. The fourth-order valence-corrected chi connectivity index (χ4v) is 2.76. The summed E-state index contributed by atoms with van der Waals surface area (Å²) in [6.45, 7) is 0. The van der Waals surface area contributed by atoms with Crippen LogP contribution in [0.4, 0.5) is 17.1 Å². The predicted molar refractivity (Wildman–Crippen MR) is 119 cm³/mol. The number of nitrogens with zero attached hydrogens (tertiary/aromatic N) is 6. The molecule has 0 aliphatic rings. The third kappa shape index (κ3) is 5.79. The Kier molecular flexibility index (Phi) is 6.53. The lowest BCUT2D eigenvalue weighted by molar-refractivity contribution is -0.385. The Hall–Kier alpha value is -5.73. The molecule has 3 aromatic carbocycles. The van der Waals surface area contributed by atoms with E-state index in [4.69, 9.17) is 14.2 Å². The number of hydrogen-bond donors (Lipinski definition) is 0. The van der Waals surface area contributed by atoms with Crippen molar-refractivity contribution in [3.63, 3.8) is 0 Å². The molecule has 4 rings (SSSR count). The molecule has 0 amide bonds. The van der Waals surface area contributed by atoms with Crippen LogP contribution >= 0.6 is 0 Å². The van der Waals surface area contributed by atoms with E-state index in [0.717, 1.165) is 18.2 Å². The Balaban J connectivity index is 1.69. The first-order valence-electron chi connectivity index (χ1n) is 9.80. The highest BCUT2D eigenvalue weighted by atomic mass is 16.6. The first-order chi connectivity index (χ1) is 17.3. The number of aromatic nitrogens is 3. The van der Waals surface area contributed by atoms with E-state index in [1.165, 1.54) is 54.6 Å². The molecule has 0 radical (unpaired) electrons. The summed E-state index contributed by atoms with van der Waals surface area (Å²) in [5.41, 5.74) is -0.743. The lowest BCUT2D eigenvalue weighted by Crippen LogP contribution is -2.02. The summed E-state index contributed by atoms with van der Waals surface area (Å²) in [4.78, 5) is 43.2. The van der Waals surface area contributed by atoms with Crippen molar-refractivity contribution in [3.8, 4) is 35.3 Å². The van der Waals surface area contributed by atoms with Crippen LogP contribution in [0.1, 0.15) is 0 Å². The van der Waals surface area contributed by atoms with Gasteiger partial charge in [-0.1, -0.05) is 18.2 Å². The molecule has 36 heavy (non-hydrogen) atoms. The number of nitro groups is 3. The van der Waals surface area contributed by atoms with E-state index < -0.39 is 32.8 Å². The van der Waals surface area contributed by atoms with Crippen LogP contribution in [0.25, 0.3) is 0 Å². The molecule has 0 spiro atoms. The summed E-state index contributed by atoms with van der Waals surface area (Å²) in [6.07, 6.45) is 0. The number of non-ortho nitro benzene ring substituents is 3. The van der Waals surface area contributed by atoms with Crippen LogP contribution < -0.4 is 14.2 Å². The van der Waals surface area contributed by atoms with Gasteiger partial charge in [-0.05, 0) is 18.2 Å². The van der Waals surface area contributed by atoms with Crippen molar-refractivity contribution in [2.75, 3.05) is 0 Å². The molecule has 0 aliphatic carbocycles. The summed E-state index contributed by atoms with van der Waals surface area (Å²) >= 11 is 0. The lowest BCUT2D eigenvalue weighted by Gasteiger charge is -2.09. The van der Waals surface area contributed by atoms with Gasteiger partial charge in [0.05, 0.1) is 33.0 Å². The van der Waals surface area contributed by atoms with Crippen molar-refractivity contribution >= 4 is 17.1 Å². The minimum atomic E-state index is -0.617. The van der Waals surface area contributed by atoms with Crippen molar-refractivity contribution < 1.29 is 29.0 Å². The monoisotopic (exact) mass is 492 g/mol. The highest BCUT2D eigenvalue weighted by Gasteiger charge is 2.16. The molecule has 0 atom stereocenters. The Morgan fingerprint density at radius 1 is 0.500 bits per heavy atom. The Bertz CT molecular complexity index is 1290. The van der Waals surface area contributed by atoms with Crippen LogP contribution in [0.3, 0.4) is 0 Å². The van der Waals surface area contributed by atoms with Crippen molar-refractivity contribution in [2.24, 2.45) is 0 Å². The normalized spacial score (nSPS) is 10.3. The van der Waals surface area contributed by atoms with Gasteiger partial charge in [-0.25, -0.2) is 0 Å². The molecule has 15 nitrogen and oxygen atoms in total. The molecule has 0 fully saturated rings. The number of benzene rings is 3. The minimum absolute atomic E-state index is 0.0120. The highest BCUT2D eigenvalue weighted by Crippen LogP contribution is 2.30. The fourth-order valence-electron chi connectivity index (χ4n) is 2.76. The van der Waals surface area contributed by atoms with Gasteiger partial charge in [-0.15, -0.1) is 15.0 Å². The van der Waals surface area contributed by atoms with Gasteiger partial charge in [0, 0.05) is 18.2 Å². The van der Waals surface area contributed by atoms with Gasteiger partial charge in [0.1, 0.15) is 17.2 Å². The maximum Gasteiger partial charge on any atom is 0.331 e. The van der Waals surface area contributed by atoms with Crippen LogP contribution in [0.15, 0.2) is 72.8 Å². The molecule has 4 aromatic rings. The van der Waals surface area contributed by atoms with Crippen molar-refractivity contribution in [3.05, 3.63) is 103 Å². The minimum Gasteiger partial charge on any atom is -0.424 e. The molecule has 15 heteroatoms. The van der Waals surface area contributed by atoms with Gasteiger partial charge in [0.2, 0.25) is 0 Å². The Morgan fingerprint density at radius 3 is 1.03 bits per heavy atom. The molecule has 180 valence electrons. The fraction of sp³-hybridized carbons (Fsp3) is 0. The van der Waals surface area contributed by atoms with Gasteiger partial charge in [0.15, 0.2) is 0 Å². The van der Waals surface area contributed by atoms with E-state index in [0.29, 0.717) is 0 Å². The van der Waals surface area contributed by atoms with E-state index in [2.05, 4.69) is 15.0 Å². The summed E-state index contributed by atoms with van der Waals surface area (Å²) in [6, 6.07) is 14.4. The van der Waals surface area contributed by atoms with E-state index >= 15 is 0 Å². The van der Waals surface area contributed by atoms with Crippen LogP contribution in [-0.2, 0) is 0 Å². The molecular weight excluding hydrogens is 480 g/mol. The van der Waals surface area contributed by atoms with Crippen molar-refractivity contribution in [2.45, 2.75) is 0 Å². The second-order valence-electron chi connectivity index (χ2n) is 6.75. The highest BCUT2D eigenvalue weighted by molar-refractivity contribution is 5.41. The van der Waals surface area contributed by atoms with Crippen molar-refractivity contribution in [1.82, 2.24) is 15.0 Å². The van der Waals surface area contributed by atoms with Crippen LogP contribution in [0.5, 0.6) is 35.3 Å². The van der Waals surface area contributed by atoms with E-state index in [1.807, 2.05) is 0 Å². The Morgan fingerprint density at radius 2 is 0.778 bits per heavy atom. The number of hydrogen-bond acceptors (Lipinski definition) is 12. The van der Waals surface area contributed by atoms with Gasteiger partial charge in [-0.3, -0.25) is 30.3 Å². The third-order valence-electron chi connectivity index (χ3n) is 4.29. The maximum absolute atomic E-state index is 11.0. The van der Waals surface area contributed by atoms with Crippen LogP contribution in [0.2, 0.25) is 0 Å². The summed E-state index contributed by atoms with van der Waals surface area (Å²) in [5.74, 6) is 0.0361. The topological polar surface area (TPSA) is 196 Å². The molecule has 0 unspecified atom stereocenters. The first-order valence-corrected chi connectivity index (χ1v) is 9.80. The molecule has 0 aliphatic heterocycles. The lowest BCUT2D eigenvalue weighted by atomic mass is 10.3. The quantitative estimate of drug-likeness (QED) is 0.225. The molecule has 0 bridgehead atoms. The zero-order chi connectivity index (χ0) is 25.7. The molecule has 0 saturated heterocycles. The summed E-state index contributed by atoms with van der Waals surface area (Å²) in [5, 5.41) is 33.1. The number of ether oxygens (including phenoxy) is 3. The van der Waals surface area contributed by atoms with Gasteiger partial charge >= 0.3 is 18.0 Å². The smallest absolute Gasteiger partial charge is 0.331 e. The molecule has 0 saturated carbocycles. The maximum atomic E-state index is 11.0. The average molecular weight is 492 g/mol. The molecule has 1 heterocycles. The van der Waals surface area contributed by atoms with Crippen molar-refractivity contribution in [1.29, 1.82) is 0 Å². The van der Waals surface area contributed by atoms with E-state index in [9.17, 15) is 30.3 Å². The van der Waals surface area contributed by atoms with Gasteiger partial charge < -0.3 is 14.2 Å². The standard InChI is InChI=1S/C21H12N6O9/c28-25(29)13-4-1-7-16(10-13)34-19-22-20(35-17-8-2-5-14(11-17)26(30)31)24-21(23-19)36-18-9-3-6-15(12-18)27(32)33/h1-12H. The molecule has 0 N–H and O–H groups in total. The zero-order valence-corrected chi connectivity index (χ0v) is 17.8. The van der Waals surface area contributed by atoms with E-state index in [-0.39, 0.29) is 34.3 Å². The third-order valence-corrected chi connectivity index (χ3v) is 4.29. The molecular formula is C21H12N6O9. The Labute approximate surface area is 200 Å². The van der Waals surface area contributed by atoms with Crippen LogP contribution in [0, 0.1) is 30.3 Å². The van der Waals surface area contributed by atoms with Gasteiger partial charge in [0.25, 0.3) is 17.1 Å². The second kappa shape index (κ2) is 10.0.